The maximum atomic E-state index is 14.0. The molecule has 8 heteroatoms. The summed E-state index contributed by atoms with van der Waals surface area (Å²) >= 11 is 0. The van der Waals surface area contributed by atoms with Crippen LogP contribution in [-0.2, 0) is 0 Å². The summed E-state index contributed by atoms with van der Waals surface area (Å²) in [5, 5.41) is 19.6. The first-order chi connectivity index (χ1) is 12.6. The fraction of sp³-hybridized carbons (Fsp3) is 0.316. The summed E-state index contributed by atoms with van der Waals surface area (Å²) in [5.74, 6) is -3.28. The predicted molar refractivity (Wildman–Crippen MR) is 89.1 cm³/mol. The fourth-order valence-corrected chi connectivity index (χ4v) is 2.85. The minimum absolute atomic E-state index is 0.339. The molecule has 2 unspecified atom stereocenters. The van der Waals surface area contributed by atoms with Crippen molar-refractivity contribution in [2.75, 3.05) is 0 Å². The van der Waals surface area contributed by atoms with Crippen molar-refractivity contribution in [2.45, 2.75) is 38.1 Å². The molecule has 0 fully saturated rings. The van der Waals surface area contributed by atoms with Gasteiger partial charge in [-0.05, 0) is 41.8 Å². The van der Waals surface area contributed by atoms with Gasteiger partial charge in [0.2, 0.25) is 0 Å². The Morgan fingerprint density at radius 2 is 1.70 bits per heavy atom. The monoisotopic (exact) mass is 386 g/mol. The van der Waals surface area contributed by atoms with Gasteiger partial charge in [0.15, 0.2) is 0 Å². The van der Waals surface area contributed by atoms with Gasteiger partial charge in [0.25, 0.3) is 0 Å². The Labute approximate surface area is 153 Å². The molecule has 2 N–H and O–H groups in total. The number of alkyl halides is 3. The molecule has 0 aliphatic carbocycles. The maximum Gasteiger partial charge on any atom is 0.573 e. The molecule has 2 aromatic carbocycles. The van der Waals surface area contributed by atoms with Gasteiger partial charge in [0, 0.05) is 5.92 Å². The van der Waals surface area contributed by atoms with E-state index in [1.807, 2.05) is 6.92 Å². The summed E-state index contributed by atoms with van der Waals surface area (Å²) in [6.07, 6.45) is -4.80. The zero-order chi connectivity index (χ0) is 20.2. The molecule has 0 saturated heterocycles. The topological polar surface area (TPSA) is 66.8 Å². The van der Waals surface area contributed by atoms with Gasteiger partial charge in [-0.3, -0.25) is 0 Å². The number of ether oxygens (including phenoxy) is 1. The van der Waals surface area contributed by atoms with Gasteiger partial charge in [-0.25, -0.2) is 9.18 Å². The number of aromatic carboxylic acids is 1. The predicted octanol–water partition coefficient (Wildman–Crippen LogP) is 5.04. The zero-order valence-corrected chi connectivity index (χ0v) is 14.3. The van der Waals surface area contributed by atoms with Crippen molar-refractivity contribution in [1.82, 2.24) is 0 Å². The van der Waals surface area contributed by atoms with Crippen LogP contribution in [0.1, 0.15) is 53.3 Å². The van der Waals surface area contributed by atoms with Crippen molar-refractivity contribution in [2.24, 2.45) is 0 Å². The summed E-state index contributed by atoms with van der Waals surface area (Å²) in [7, 11) is 0. The quantitative estimate of drug-likeness (QED) is 0.655. The highest BCUT2D eigenvalue weighted by molar-refractivity contribution is 5.87. The standard InChI is InChI=1S/C19H18F4O4/c1-2-3-14(12-6-9-15(18(25)26)16(20)10-12)17(24)11-4-7-13(8-5-11)27-19(21,22)23/h4-10,14,17,24H,2-3H2,1H3,(H,25,26). The number of rotatable bonds is 7. The van der Waals surface area contributed by atoms with Gasteiger partial charge in [0.05, 0.1) is 11.7 Å². The third-order valence-electron chi connectivity index (χ3n) is 4.09. The number of carboxylic acids is 1. The molecular formula is C19H18F4O4. The average Bonchev–Trinajstić information content (AvgIpc) is 2.58. The van der Waals surface area contributed by atoms with Crippen molar-refractivity contribution in [1.29, 1.82) is 0 Å². The molecule has 4 nitrogen and oxygen atoms in total. The third-order valence-corrected chi connectivity index (χ3v) is 4.09. The number of aliphatic hydroxyl groups is 1. The van der Waals surface area contributed by atoms with E-state index in [2.05, 4.69) is 4.74 Å². The number of carbonyl (C=O) groups is 1. The smallest absolute Gasteiger partial charge is 0.478 e. The van der Waals surface area contributed by atoms with E-state index in [1.165, 1.54) is 18.2 Å². The molecule has 0 bridgehead atoms. The Morgan fingerprint density at radius 3 is 2.19 bits per heavy atom. The van der Waals surface area contributed by atoms with E-state index in [0.717, 1.165) is 24.3 Å². The fourth-order valence-electron chi connectivity index (χ4n) is 2.85. The molecule has 2 atom stereocenters. The Hall–Kier alpha value is -2.61. The molecule has 0 radical (unpaired) electrons. The molecule has 27 heavy (non-hydrogen) atoms. The molecule has 2 rings (SSSR count). The lowest BCUT2D eigenvalue weighted by Gasteiger charge is -2.24. The van der Waals surface area contributed by atoms with Gasteiger partial charge >= 0.3 is 12.3 Å². The first kappa shape index (κ1) is 20.7. The number of hydrogen-bond donors (Lipinski definition) is 2. The Kier molecular flexibility index (Phi) is 6.43. The second kappa shape index (κ2) is 8.39. The van der Waals surface area contributed by atoms with Gasteiger partial charge in [-0.15, -0.1) is 13.2 Å². The summed E-state index contributed by atoms with van der Waals surface area (Å²) in [4.78, 5) is 10.9. The van der Waals surface area contributed by atoms with Gasteiger partial charge in [-0.1, -0.05) is 31.5 Å². The number of benzene rings is 2. The van der Waals surface area contributed by atoms with Gasteiger partial charge in [0.1, 0.15) is 11.6 Å². The van der Waals surface area contributed by atoms with Crippen LogP contribution in [-0.4, -0.2) is 22.5 Å². The Bertz CT molecular complexity index is 787. The van der Waals surface area contributed by atoms with E-state index in [0.29, 0.717) is 24.0 Å². The van der Waals surface area contributed by atoms with Crippen molar-refractivity contribution in [3.05, 3.63) is 65.0 Å². The van der Waals surface area contributed by atoms with Crippen LogP contribution in [0.2, 0.25) is 0 Å². The van der Waals surface area contributed by atoms with E-state index < -0.39 is 41.5 Å². The molecular weight excluding hydrogens is 368 g/mol. The van der Waals surface area contributed by atoms with Crippen LogP contribution in [0.3, 0.4) is 0 Å². The van der Waals surface area contributed by atoms with E-state index >= 15 is 0 Å². The zero-order valence-electron chi connectivity index (χ0n) is 14.3. The molecule has 146 valence electrons. The van der Waals surface area contributed by atoms with E-state index in [4.69, 9.17) is 5.11 Å². The van der Waals surface area contributed by atoms with Gasteiger partial charge < -0.3 is 14.9 Å². The molecule has 0 aliphatic heterocycles. The number of hydrogen-bond acceptors (Lipinski definition) is 3. The van der Waals surface area contributed by atoms with Gasteiger partial charge in [-0.2, -0.15) is 0 Å². The number of halogens is 4. The highest BCUT2D eigenvalue weighted by Gasteiger charge is 2.31. The minimum Gasteiger partial charge on any atom is -0.478 e. The molecule has 0 spiro atoms. The minimum atomic E-state index is -4.81. The van der Waals surface area contributed by atoms with Crippen molar-refractivity contribution in [3.8, 4) is 5.75 Å². The van der Waals surface area contributed by atoms with Crippen LogP contribution in [0.4, 0.5) is 17.6 Å². The highest BCUT2D eigenvalue weighted by atomic mass is 19.4. The molecule has 0 saturated carbocycles. The molecule has 2 aromatic rings. The lowest BCUT2D eigenvalue weighted by atomic mass is 9.85. The van der Waals surface area contributed by atoms with E-state index in [9.17, 15) is 27.5 Å². The van der Waals surface area contributed by atoms with Crippen LogP contribution >= 0.6 is 0 Å². The first-order valence-electron chi connectivity index (χ1n) is 8.19. The van der Waals surface area contributed by atoms with Crippen LogP contribution in [0.15, 0.2) is 42.5 Å². The number of aliphatic hydroxyl groups excluding tert-OH is 1. The second-order valence-corrected chi connectivity index (χ2v) is 6.00. The average molecular weight is 386 g/mol. The van der Waals surface area contributed by atoms with Crippen LogP contribution in [0, 0.1) is 5.82 Å². The summed E-state index contributed by atoms with van der Waals surface area (Å²) in [6.45, 7) is 1.86. The summed E-state index contributed by atoms with van der Waals surface area (Å²) < 4.78 is 54.5. The van der Waals surface area contributed by atoms with Crippen LogP contribution in [0.25, 0.3) is 0 Å². The Balaban J connectivity index is 2.28. The molecule has 0 amide bonds. The van der Waals surface area contributed by atoms with E-state index in [-0.39, 0.29) is 0 Å². The Morgan fingerprint density at radius 1 is 1.11 bits per heavy atom. The SMILES string of the molecule is CCCC(c1ccc(C(=O)O)c(F)c1)C(O)c1ccc(OC(F)(F)F)cc1. The van der Waals surface area contributed by atoms with Crippen LogP contribution in [0.5, 0.6) is 5.75 Å². The lowest BCUT2D eigenvalue weighted by Crippen LogP contribution is -2.17. The third kappa shape index (κ3) is 5.43. The largest absolute Gasteiger partial charge is 0.573 e. The van der Waals surface area contributed by atoms with Crippen LogP contribution < -0.4 is 4.74 Å². The lowest BCUT2D eigenvalue weighted by molar-refractivity contribution is -0.274. The van der Waals surface area contributed by atoms with Crippen molar-refractivity contribution < 1.29 is 37.3 Å². The first-order valence-corrected chi connectivity index (χ1v) is 8.19. The maximum absolute atomic E-state index is 14.0. The van der Waals surface area contributed by atoms with E-state index in [1.54, 1.807) is 0 Å². The normalized spacial score (nSPS) is 13.9. The van der Waals surface area contributed by atoms with Crippen molar-refractivity contribution in [3.63, 3.8) is 0 Å². The van der Waals surface area contributed by atoms with Crippen molar-refractivity contribution >= 4 is 5.97 Å². The molecule has 0 aliphatic rings. The second-order valence-electron chi connectivity index (χ2n) is 6.00. The highest BCUT2D eigenvalue weighted by Crippen LogP contribution is 2.36. The molecule has 0 heterocycles. The molecule has 0 aromatic heterocycles. The summed E-state index contributed by atoms with van der Waals surface area (Å²) in [6, 6.07) is 8.40. The summed E-state index contributed by atoms with van der Waals surface area (Å²) in [5.41, 5.74) is 0.269. The number of carboxylic acid groups (broad SMARTS) is 1.